The first-order valence-corrected chi connectivity index (χ1v) is 5.99. The van der Waals surface area contributed by atoms with Gasteiger partial charge in [0.2, 0.25) is 0 Å². The lowest BCUT2D eigenvalue weighted by Crippen LogP contribution is -2.22. The number of benzene rings is 1. The standard InChI is InChI=1S/C13H18N2O2/c1-2-9-5-6-15(8-9)12-7-10(14)3-4-11(12)13(16)17/h3-4,7,9H,2,5-6,8,14H2,1H3,(H,16,17). The van der Waals surface area contributed by atoms with Crippen molar-refractivity contribution in [2.24, 2.45) is 5.92 Å². The van der Waals surface area contributed by atoms with Gasteiger partial charge in [0.15, 0.2) is 0 Å². The summed E-state index contributed by atoms with van der Waals surface area (Å²) in [6.07, 6.45) is 2.27. The van der Waals surface area contributed by atoms with E-state index in [2.05, 4.69) is 11.8 Å². The molecule has 1 saturated heterocycles. The van der Waals surface area contributed by atoms with Crippen LogP contribution in [0.2, 0.25) is 0 Å². The van der Waals surface area contributed by atoms with Gasteiger partial charge < -0.3 is 15.7 Å². The Kier molecular flexibility index (Phi) is 3.22. The minimum atomic E-state index is -0.889. The fourth-order valence-corrected chi connectivity index (χ4v) is 2.38. The van der Waals surface area contributed by atoms with Crippen LogP contribution in [-0.4, -0.2) is 24.2 Å². The monoisotopic (exact) mass is 234 g/mol. The number of anilines is 2. The number of rotatable bonds is 3. The van der Waals surface area contributed by atoms with Gasteiger partial charge in [0, 0.05) is 18.8 Å². The molecule has 0 aliphatic carbocycles. The Bertz CT molecular complexity index is 431. The molecule has 2 rings (SSSR count). The third-order valence-electron chi connectivity index (χ3n) is 3.46. The van der Waals surface area contributed by atoms with Crippen molar-refractivity contribution < 1.29 is 9.90 Å². The van der Waals surface area contributed by atoms with Crippen LogP contribution in [0.1, 0.15) is 30.1 Å². The van der Waals surface area contributed by atoms with Crippen LogP contribution >= 0.6 is 0 Å². The van der Waals surface area contributed by atoms with Gasteiger partial charge in [0.1, 0.15) is 0 Å². The van der Waals surface area contributed by atoms with Crippen LogP contribution < -0.4 is 10.6 Å². The topological polar surface area (TPSA) is 66.6 Å². The third-order valence-corrected chi connectivity index (χ3v) is 3.46. The summed E-state index contributed by atoms with van der Waals surface area (Å²) < 4.78 is 0. The molecule has 1 unspecified atom stereocenters. The maximum Gasteiger partial charge on any atom is 0.337 e. The molecule has 1 aromatic carbocycles. The van der Waals surface area contributed by atoms with E-state index in [1.165, 1.54) is 0 Å². The molecular formula is C13H18N2O2. The number of aromatic carboxylic acids is 1. The van der Waals surface area contributed by atoms with Crippen molar-refractivity contribution in [3.05, 3.63) is 23.8 Å². The molecule has 1 atom stereocenters. The normalized spacial score (nSPS) is 19.6. The molecule has 1 fully saturated rings. The summed E-state index contributed by atoms with van der Waals surface area (Å²) in [6.45, 7) is 4.02. The molecule has 1 heterocycles. The molecule has 1 aliphatic heterocycles. The van der Waals surface area contributed by atoms with E-state index in [9.17, 15) is 9.90 Å². The van der Waals surface area contributed by atoms with E-state index in [4.69, 9.17) is 5.73 Å². The predicted molar refractivity (Wildman–Crippen MR) is 68.4 cm³/mol. The number of carboxylic acid groups (broad SMARTS) is 1. The Morgan fingerprint density at radius 1 is 1.59 bits per heavy atom. The highest BCUT2D eigenvalue weighted by Crippen LogP contribution is 2.30. The second kappa shape index (κ2) is 4.65. The summed E-state index contributed by atoms with van der Waals surface area (Å²) in [5.41, 5.74) is 7.46. The van der Waals surface area contributed by atoms with Crippen molar-refractivity contribution in [3.63, 3.8) is 0 Å². The van der Waals surface area contributed by atoms with Crippen molar-refractivity contribution in [2.75, 3.05) is 23.7 Å². The minimum absolute atomic E-state index is 0.343. The van der Waals surface area contributed by atoms with Gasteiger partial charge in [0.05, 0.1) is 11.3 Å². The average Bonchev–Trinajstić information content (AvgIpc) is 2.76. The van der Waals surface area contributed by atoms with Crippen LogP contribution in [0.25, 0.3) is 0 Å². The zero-order chi connectivity index (χ0) is 12.4. The molecular weight excluding hydrogens is 216 g/mol. The number of hydrogen-bond donors (Lipinski definition) is 2. The summed E-state index contributed by atoms with van der Waals surface area (Å²) >= 11 is 0. The number of carbonyl (C=O) groups is 1. The van der Waals surface area contributed by atoms with E-state index < -0.39 is 5.97 Å². The van der Waals surface area contributed by atoms with Gasteiger partial charge in [-0.2, -0.15) is 0 Å². The molecule has 1 aromatic rings. The predicted octanol–water partition coefficient (Wildman–Crippen LogP) is 2.20. The maximum absolute atomic E-state index is 11.2. The summed E-state index contributed by atoms with van der Waals surface area (Å²) in [7, 11) is 0. The van der Waals surface area contributed by atoms with E-state index in [1.54, 1.807) is 18.2 Å². The highest BCUT2D eigenvalue weighted by atomic mass is 16.4. The zero-order valence-electron chi connectivity index (χ0n) is 10.0. The first-order valence-electron chi connectivity index (χ1n) is 5.99. The van der Waals surface area contributed by atoms with E-state index >= 15 is 0 Å². The number of nitrogens with two attached hydrogens (primary N) is 1. The van der Waals surface area contributed by atoms with Gasteiger partial charge >= 0.3 is 5.97 Å². The molecule has 3 N–H and O–H groups in total. The number of nitrogen functional groups attached to an aromatic ring is 1. The summed E-state index contributed by atoms with van der Waals surface area (Å²) in [6, 6.07) is 4.99. The largest absolute Gasteiger partial charge is 0.478 e. The maximum atomic E-state index is 11.2. The molecule has 0 bridgehead atoms. The fraction of sp³-hybridized carbons (Fsp3) is 0.462. The number of hydrogen-bond acceptors (Lipinski definition) is 3. The van der Waals surface area contributed by atoms with Crippen LogP contribution in [0.4, 0.5) is 11.4 Å². The lowest BCUT2D eigenvalue weighted by atomic mass is 10.1. The molecule has 0 radical (unpaired) electrons. The molecule has 17 heavy (non-hydrogen) atoms. The summed E-state index contributed by atoms with van der Waals surface area (Å²) in [4.78, 5) is 13.3. The van der Waals surface area contributed by atoms with Crippen LogP contribution in [0.15, 0.2) is 18.2 Å². The third kappa shape index (κ3) is 2.35. The molecule has 4 heteroatoms. The van der Waals surface area contributed by atoms with Crippen molar-refractivity contribution in [3.8, 4) is 0 Å². The summed E-state index contributed by atoms with van der Waals surface area (Å²) in [5, 5.41) is 9.17. The molecule has 0 amide bonds. The zero-order valence-corrected chi connectivity index (χ0v) is 10.0. The van der Waals surface area contributed by atoms with Crippen LogP contribution in [0.5, 0.6) is 0 Å². The number of nitrogens with zero attached hydrogens (tertiary/aromatic N) is 1. The van der Waals surface area contributed by atoms with Gasteiger partial charge in [-0.05, 0) is 30.5 Å². The SMILES string of the molecule is CCC1CCN(c2cc(N)ccc2C(=O)O)C1. The van der Waals surface area contributed by atoms with Crippen molar-refractivity contribution in [1.29, 1.82) is 0 Å². The Balaban J connectivity index is 2.31. The van der Waals surface area contributed by atoms with Gasteiger partial charge in [-0.1, -0.05) is 13.3 Å². The highest BCUT2D eigenvalue weighted by molar-refractivity contribution is 5.95. The van der Waals surface area contributed by atoms with Gasteiger partial charge in [-0.25, -0.2) is 4.79 Å². The second-order valence-corrected chi connectivity index (χ2v) is 4.59. The average molecular weight is 234 g/mol. The van der Waals surface area contributed by atoms with E-state index in [0.717, 1.165) is 31.6 Å². The molecule has 1 aliphatic rings. The minimum Gasteiger partial charge on any atom is -0.478 e. The van der Waals surface area contributed by atoms with E-state index in [0.29, 0.717) is 17.2 Å². The van der Waals surface area contributed by atoms with Crippen molar-refractivity contribution in [2.45, 2.75) is 19.8 Å². The van der Waals surface area contributed by atoms with Crippen molar-refractivity contribution in [1.82, 2.24) is 0 Å². The van der Waals surface area contributed by atoms with E-state index in [-0.39, 0.29) is 0 Å². The Morgan fingerprint density at radius 3 is 2.94 bits per heavy atom. The van der Waals surface area contributed by atoms with Gasteiger partial charge in [-0.3, -0.25) is 0 Å². The molecule has 92 valence electrons. The van der Waals surface area contributed by atoms with Gasteiger partial charge in [-0.15, -0.1) is 0 Å². The first kappa shape index (κ1) is 11.8. The van der Waals surface area contributed by atoms with Crippen LogP contribution in [0.3, 0.4) is 0 Å². The quantitative estimate of drug-likeness (QED) is 0.787. The first-order chi connectivity index (χ1) is 8.11. The summed E-state index contributed by atoms with van der Waals surface area (Å²) in [5.74, 6) is -0.224. The van der Waals surface area contributed by atoms with Crippen molar-refractivity contribution >= 4 is 17.3 Å². The molecule has 0 saturated carbocycles. The molecule has 0 aromatic heterocycles. The second-order valence-electron chi connectivity index (χ2n) is 4.59. The molecule has 4 nitrogen and oxygen atoms in total. The van der Waals surface area contributed by atoms with Gasteiger partial charge in [0.25, 0.3) is 0 Å². The lowest BCUT2D eigenvalue weighted by molar-refractivity contribution is 0.0697. The van der Waals surface area contributed by atoms with E-state index in [1.807, 2.05) is 0 Å². The lowest BCUT2D eigenvalue weighted by Gasteiger charge is -2.21. The smallest absolute Gasteiger partial charge is 0.337 e. The molecule has 0 spiro atoms. The van der Waals surface area contributed by atoms with Crippen LogP contribution in [0, 0.1) is 5.92 Å². The van der Waals surface area contributed by atoms with Crippen LogP contribution in [-0.2, 0) is 0 Å². The Morgan fingerprint density at radius 2 is 2.35 bits per heavy atom. The number of carboxylic acids is 1. The Labute approximate surface area is 101 Å². The Hall–Kier alpha value is -1.71. The highest BCUT2D eigenvalue weighted by Gasteiger charge is 2.24. The fourth-order valence-electron chi connectivity index (χ4n) is 2.38.